The van der Waals surface area contributed by atoms with Gasteiger partial charge in [-0.1, -0.05) is 6.92 Å². The van der Waals surface area contributed by atoms with Gasteiger partial charge in [0.1, 0.15) is 5.82 Å². The first-order valence-electron chi connectivity index (χ1n) is 10.1. The van der Waals surface area contributed by atoms with Crippen molar-refractivity contribution in [2.45, 2.75) is 33.2 Å². The molecule has 30 heavy (non-hydrogen) atoms. The Morgan fingerprint density at radius 2 is 2.17 bits per heavy atom. The summed E-state index contributed by atoms with van der Waals surface area (Å²) in [7, 11) is 0. The number of nitrogens with zero attached hydrogens (tertiary/aromatic N) is 6. The van der Waals surface area contributed by atoms with Crippen LogP contribution in [-0.4, -0.2) is 67.8 Å². The summed E-state index contributed by atoms with van der Waals surface area (Å²) in [4.78, 5) is 28.3. The predicted molar refractivity (Wildman–Crippen MR) is 117 cm³/mol. The summed E-state index contributed by atoms with van der Waals surface area (Å²) < 4.78 is 1.76. The van der Waals surface area contributed by atoms with Gasteiger partial charge in [-0.25, -0.2) is 19.6 Å². The summed E-state index contributed by atoms with van der Waals surface area (Å²) in [5, 5.41) is 13.5. The van der Waals surface area contributed by atoms with Crippen molar-refractivity contribution in [1.29, 1.82) is 0 Å². The van der Waals surface area contributed by atoms with Gasteiger partial charge < -0.3 is 10.6 Å². The molecule has 1 amide bonds. The van der Waals surface area contributed by atoms with E-state index in [4.69, 9.17) is 0 Å². The van der Waals surface area contributed by atoms with Gasteiger partial charge in [0.25, 0.3) is 0 Å². The molecule has 1 saturated heterocycles. The van der Waals surface area contributed by atoms with E-state index in [1.54, 1.807) is 16.9 Å². The maximum Gasteiger partial charge on any atom is 0.239 e. The molecule has 4 heterocycles. The third-order valence-electron chi connectivity index (χ3n) is 4.96. The molecule has 0 saturated carbocycles. The highest BCUT2D eigenvalue weighted by Gasteiger charge is 2.23. The highest BCUT2D eigenvalue weighted by Crippen LogP contribution is 2.22. The van der Waals surface area contributed by atoms with Gasteiger partial charge in [0.15, 0.2) is 16.6 Å². The molecule has 0 bridgehead atoms. The lowest BCUT2D eigenvalue weighted by Gasteiger charge is -2.16. The Balaban J connectivity index is 1.55. The quantitative estimate of drug-likeness (QED) is 0.596. The largest absolute Gasteiger partial charge is 0.313 e. The molecule has 0 spiro atoms. The zero-order chi connectivity index (χ0) is 21.1. The molecule has 1 fully saturated rings. The predicted octanol–water partition coefficient (Wildman–Crippen LogP) is 2.02. The summed E-state index contributed by atoms with van der Waals surface area (Å²) in [6, 6.07) is 4.19. The second kappa shape index (κ2) is 8.99. The molecule has 0 unspecified atom stereocenters. The van der Waals surface area contributed by atoms with E-state index in [2.05, 4.69) is 42.5 Å². The summed E-state index contributed by atoms with van der Waals surface area (Å²) in [6.07, 6.45) is 2.77. The van der Waals surface area contributed by atoms with Gasteiger partial charge in [-0.15, -0.1) is 11.3 Å². The van der Waals surface area contributed by atoms with Crippen LogP contribution >= 0.6 is 11.3 Å². The number of thiazole rings is 1. The lowest BCUT2D eigenvalue weighted by Crippen LogP contribution is -2.36. The molecule has 158 valence electrons. The number of likely N-dealkylation sites (tertiary alicyclic amines) is 1. The molecule has 3 aromatic heterocycles. The Morgan fingerprint density at radius 3 is 2.87 bits per heavy atom. The SMILES string of the molecule is CCN[C@H]1CCN(CC(=O)Nc2cc(-n3nc(C)cc3C)nc(-c3nccs3)n2)C1. The number of hydrogen-bond acceptors (Lipinski definition) is 8. The van der Waals surface area contributed by atoms with Crippen LogP contribution in [0.5, 0.6) is 0 Å². The first-order valence-corrected chi connectivity index (χ1v) is 11.0. The van der Waals surface area contributed by atoms with Gasteiger partial charge in [0.2, 0.25) is 5.91 Å². The zero-order valence-corrected chi connectivity index (χ0v) is 18.2. The molecular formula is C20H26N8OS. The van der Waals surface area contributed by atoms with Crippen LogP contribution < -0.4 is 10.6 Å². The van der Waals surface area contributed by atoms with Crippen LogP contribution in [0.25, 0.3) is 16.6 Å². The highest BCUT2D eigenvalue weighted by molar-refractivity contribution is 7.13. The van der Waals surface area contributed by atoms with Gasteiger partial charge in [-0.2, -0.15) is 5.10 Å². The van der Waals surface area contributed by atoms with E-state index in [1.807, 2.05) is 25.3 Å². The van der Waals surface area contributed by atoms with Gasteiger partial charge in [-0.3, -0.25) is 9.69 Å². The first-order chi connectivity index (χ1) is 14.5. The molecule has 1 atom stereocenters. The second-order valence-corrected chi connectivity index (χ2v) is 8.33. The summed E-state index contributed by atoms with van der Waals surface area (Å²) in [5.74, 6) is 1.43. The number of aryl methyl sites for hydroxylation is 2. The van der Waals surface area contributed by atoms with Gasteiger partial charge in [0.05, 0.1) is 12.2 Å². The molecule has 2 N–H and O–H groups in total. The number of likely N-dealkylation sites (N-methyl/N-ethyl adjacent to an activating group) is 1. The van der Waals surface area contributed by atoms with E-state index in [1.165, 1.54) is 11.3 Å². The van der Waals surface area contributed by atoms with Crippen molar-refractivity contribution in [2.24, 2.45) is 0 Å². The Hall–Kier alpha value is -2.69. The fraction of sp³-hybridized carbons (Fsp3) is 0.450. The average Bonchev–Trinajstić information content (AvgIpc) is 3.44. The van der Waals surface area contributed by atoms with E-state index in [-0.39, 0.29) is 5.91 Å². The van der Waals surface area contributed by atoms with Crippen molar-refractivity contribution in [3.63, 3.8) is 0 Å². The number of aromatic nitrogens is 5. The summed E-state index contributed by atoms with van der Waals surface area (Å²) in [5.41, 5.74) is 1.86. The van der Waals surface area contributed by atoms with E-state index in [0.717, 1.165) is 37.4 Å². The lowest BCUT2D eigenvalue weighted by atomic mass is 10.3. The van der Waals surface area contributed by atoms with Crippen molar-refractivity contribution in [3.8, 4) is 16.6 Å². The molecule has 9 nitrogen and oxygen atoms in total. The number of anilines is 1. The normalized spacial score (nSPS) is 16.8. The minimum Gasteiger partial charge on any atom is -0.313 e. The molecule has 1 aliphatic heterocycles. The molecule has 10 heteroatoms. The molecule has 0 radical (unpaired) electrons. The number of hydrogen-bond donors (Lipinski definition) is 2. The molecule has 3 aromatic rings. The molecule has 0 aliphatic carbocycles. The van der Waals surface area contributed by atoms with Crippen LogP contribution in [-0.2, 0) is 4.79 Å². The third-order valence-corrected chi connectivity index (χ3v) is 5.73. The number of carbonyl (C=O) groups is 1. The minimum absolute atomic E-state index is 0.0877. The number of carbonyl (C=O) groups excluding carboxylic acids is 1. The van der Waals surface area contributed by atoms with Crippen LogP contribution in [0.15, 0.2) is 23.7 Å². The van der Waals surface area contributed by atoms with Crippen LogP contribution in [0.3, 0.4) is 0 Å². The Morgan fingerprint density at radius 1 is 1.30 bits per heavy atom. The third kappa shape index (κ3) is 4.72. The van der Waals surface area contributed by atoms with E-state index >= 15 is 0 Å². The monoisotopic (exact) mass is 426 g/mol. The van der Waals surface area contributed by atoms with Gasteiger partial charge in [0, 0.05) is 42.5 Å². The van der Waals surface area contributed by atoms with Crippen molar-refractivity contribution >= 4 is 23.1 Å². The van der Waals surface area contributed by atoms with E-state index in [9.17, 15) is 4.79 Å². The van der Waals surface area contributed by atoms with Gasteiger partial charge in [-0.05, 0) is 32.9 Å². The summed E-state index contributed by atoms with van der Waals surface area (Å²) in [6.45, 7) is 9.09. The minimum atomic E-state index is -0.0877. The summed E-state index contributed by atoms with van der Waals surface area (Å²) >= 11 is 1.45. The average molecular weight is 427 g/mol. The van der Waals surface area contributed by atoms with Crippen LogP contribution in [0.1, 0.15) is 24.7 Å². The lowest BCUT2D eigenvalue weighted by molar-refractivity contribution is -0.117. The van der Waals surface area contributed by atoms with Gasteiger partial charge >= 0.3 is 0 Å². The van der Waals surface area contributed by atoms with E-state index in [0.29, 0.717) is 35.1 Å². The number of rotatable bonds is 7. The fourth-order valence-corrected chi connectivity index (χ4v) is 4.28. The molecule has 1 aliphatic rings. The topological polar surface area (TPSA) is 101 Å². The maximum atomic E-state index is 12.7. The molecule has 0 aromatic carbocycles. The van der Waals surface area contributed by atoms with E-state index < -0.39 is 0 Å². The smallest absolute Gasteiger partial charge is 0.239 e. The maximum absolute atomic E-state index is 12.7. The first kappa shape index (κ1) is 20.6. The van der Waals surface area contributed by atoms with Crippen molar-refractivity contribution in [2.75, 3.05) is 31.5 Å². The van der Waals surface area contributed by atoms with Crippen LogP contribution in [0.2, 0.25) is 0 Å². The standard InChI is InChI=1S/C20H26N8OS/c1-4-21-15-5-7-27(11-15)12-18(29)23-16-10-17(28-14(3)9-13(2)26-28)25-19(24-16)20-22-6-8-30-20/h6,8-10,15,21H,4-5,7,11-12H2,1-3H3,(H,23,24,25,29)/t15-/m0/s1. The highest BCUT2D eigenvalue weighted by atomic mass is 32.1. The Bertz CT molecular complexity index is 1020. The second-order valence-electron chi connectivity index (χ2n) is 7.44. The van der Waals surface area contributed by atoms with Crippen molar-refractivity contribution in [3.05, 3.63) is 35.1 Å². The Labute approximate surface area is 179 Å². The fourth-order valence-electron chi connectivity index (χ4n) is 3.71. The zero-order valence-electron chi connectivity index (χ0n) is 17.4. The van der Waals surface area contributed by atoms with Crippen LogP contribution in [0.4, 0.5) is 5.82 Å². The van der Waals surface area contributed by atoms with Crippen molar-refractivity contribution < 1.29 is 4.79 Å². The molecule has 4 rings (SSSR count). The number of nitrogens with one attached hydrogen (secondary N) is 2. The van der Waals surface area contributed by atoms with Crippen molar-refractivity contribution in [1.82, 2.24) is 34.9 Å². The van der Waals surface area contributed by atoms with Crippen LogP contribution in [0, 0.1) is 13.8 Å². The molecular weight excluding hydrogens is 400 g/mol. The Kier molecular flexibility index (Phi) is 6.16. The number of amides is 1.